The molecule has 5 heteroatoms. The number of hydrogen-bond donors (Lipinski definition) is 2. The van der Waals surface area contributed by atoms with Crippen molar-refractivity contribution in [1.82, 2.24) is 10.6 Å². The van der Waals surface area contributed by atoms with Crippen LogP contribution >= 0.6 is 0 Å². The lowest BCUT2D eigenvalue weighted by molar-refractivity contribution is 0.138. The Morgan fingerprint density at radius 3 is 2.68 bits per heavy atom. The number of hydrogen-bond acceptors (Lipinski definition) is 2. The molecule has 0 heterocycles. The first-order chi connectivity index (χ1) is 12.1. The van der Waals surface area contributed by atoms with Gasteiger partial charge in [0.2, 0.25) is 0 Å². The molecule has 0 aliphatic heterocycles. The summed E-state index contributed by atoms with van der Waals surface area (Å²) in [5.41, 5.74) is 2.49. The molecule has 0 unspecified atom stereocenters. The maximum atomic E-state index is 13.2. The minimum Gasteiger partial charge on any atom is -0.385 e. The topological polar surface area (TPSA) is 45.7 Å². The SMILES string of the molecule is CN=C(NCCc1ccc(F)cc1C)NCC1(CCOC)CCCC1. The number of aliphatic imine (C=N–C) groups is 1. The van der Waals surface area contributed by atoms with Crippen molar-refractivity contribution in [2.45, 2.75) is 45.4 Å². The molecule has 1 aromatic carbocycles. The summed E-state index contributed by atoms with van der Waals surface area (Å²) in [6, 6.07) is 4.97. The average Bonchev–Trinajstić information content (AvgIpc) is 3.07. The number of aryl methyl sites for hydroxylation is 1. The summed E-state index contributed by atoms with van der Waals surface area (Å²) in [7, 11) is 3.57. The highest BCUT2D eigenvalue weighted by Gasteiger charge is 2.33. The zero-order valence-corrected chi connectivity index (χ0v) is 15.8. The Labute approximate surface area is 151 Å². The molecule has 2 N–H and O–H groups in total. The van der Waals surface area contributed by atoms with Gasteiger partial charge in [-0.1, -0.05) is 18.9 Å². The summed E-state index contributed by atoms with van der Waals surface area (Å²) in [6.07, 6.45) is 7.08. The first kappa shape index (κ1) is 19.7. The molecule has 0 spiro atoms. The van der Waals surface area contributed by atoms with Crippen molar-refractivity contribution in [3.05, 3.63) is 35.1 Å². The van der Waals surface area contributed by atoms with Crippen LogP contribution in [0.4, 0.5) is 4.39 Å². The molecule has 2 rings (SSSR count). The molecule has 1 saturated carbocycles. The number of halogens is 1. The molecule has 25 heavy (non-hydrogen) atoms. The van der Waals surface area contributed by atoms with E-state index in [1.807, 2.05) is 13.0 Å². The van der Waals surface area contributed by atoms with E-state index in [1.54, 1.807) is 20.2 Å². The highest BCUT2D eigenvalue weighted by Crippen LogP contribution is 2.40. The number of guanidine groups is 1. The van der Waals surface area contributed by atoms with Gasteiger partial charge in [0, 0.05) is 33.9 Å². The van der Waals surface area contributed by atoms with Gasteiger partial charge in [0.1, 0.15) is 5.82 Å². The zero-order valence-electron chi connectivity index (χ0n) is 15.8. The molecule has 0 saturated heterocycles. The van der Waals surface area contributed by atoms with Crippen molar-refractivity contribution in [3.8, 4) is 0 Å². The molecule has 0 radical (unpaired) electrons. The van der Waals surface area contributed by atoms with Gasteiger partial charge in [-0.05, 0) is 61.3 Å². The van der Waals surface area contributed by atoms with Crippen molar-refractivity contribution in [1.29, 1.82) is 0 Å². The van der Waals surface area contributed by atoms with Gasteiger partial charge in [-0.3, -0.25) is 4.99 Å². The van der Waals surface area contributed by atoms with Crippen LogP contribution in [0.2, 0.25) is 0 Å². The second kappa shape index (κ2) is 9.76. The van der Waals surface area contributed by atoms with Crippen molar-refractivity contribution >= 4 is 5.96 Å². The first-order valence-electron chi connectivity index (χ1n) is 9.27. The first-order valence-corrected chi connectivity index (χ1v) is 9.27. The fourth-order valence-electron chi connectivity index (χ4n) is 3.71. The molecule has 1 aliphatic rings. The quantitative estimate of drug-likeness (QED) is 0.558. The van der Waals surface area contributed by atoms with Gasteiger partial charge in [-0.2, -0.15) is 0 Å². The van der Waals surface area contributed by atoms with Crippen molar-refractivity contribution in [3.63, 3.8) is 0 Å². The third-order valence-electron chi connectivity index (χ3n) is 5.35. The average molecular weight is 349 g/mol. The van der Waals surface area contributed by atoms with Crippen molar-refractivity contribution in [2.24, 2.45) is 10.4 Å². The maximum absolute atomic E-state index is 13.2. The van der Waals surface area contributed by atoms with E-state index in [1.165, 1.54) is 31.7 Å². The Morgan fingerprint density at radius 1 is 1.28 bits per heavy atom. The van der Waals surface area contributed by atoms with Gasteiger partial charge in [-0.25, -0.2) is 4.39 Å². The minimum atomic E-state index is -0.176. The lowest BCUT2D eigenvalue weighted by Crippen LogP contribution is -2.44. The number of methoxy groups -OCH3 is 1. The molecule has 0 amide bonds. The van der Waals surface area contributed by atoms with Gasteiger partial charge >= 0.3 is 0 Å². The highest BCUT2D eigenvalue weighted by atomic mass is 19.1. The van der Waals surface area contributed by atoms with Crippen LogP contribution in [0, 0.1) is 18.2 Å². The van der Waals surface area contributed by atoms with Crippen LogP contribution in [0.3, 0.4) is 0 Å². The molecule has 1 aromatic rings. The van der Waals surface area contributed by atoms with E-state index in [4.69, 9.17) is 4.74 Å². The third-order valence-corrected chi connectivity index (χ3v) is 5.35. The van der Waals surface area contributed by atoms with Gasteiger partial charge < -0.3 is 15.4 Å². The minimum absolute atomic E-state index is 0.176. The van der Waals surface area contributed by atoms with E-state index >= 15 is 0 Å². The van der Waals surface area contributed by atoms with E-state index in [-0.39, 0.29) is 5.82 Å². The van der Waals surface area contributed by atoms with E-state index in [0.29, 0.717) is 5.41 Å². The second-order valence-corrected chi connectivity index (χ2v) is 7.12. The second-order valence-electron chi connectivity index (χ2n) is 7.12. The molecule has 0 aromatic heterocycles. The lowest BCUT2D eigenvalue weighted by atomic mass is 9.83. The van der Waals surface area contributed by atoms with Crippen LogP contribution in [0.25, 0.3) is 0 Å². The van der Waals surface area contributed by atoms with Crippen LogP contribution < -0.4 is 10.6 Å². The fraction of sp³-hybridized carbons (Fsp3) is 0.650. The zero-order chi connectivity index (χ0) is 18.1. The lowest BCUT2D eigenvalue weighted by Gasteiger charge is -2.30. The number of nitrogens with zero attached hydrogens (tertiary/aromatic N) is 1. The van der Waals surface area contributed by atoms with Gasteiger partial charge in [0.25, 0.3) is 0 Å². The molecular weight excluding hydrogens is 317 g/mol. The molecule has 0 atom stereocenters. The summed E-state index contributed by atoms with van der Waals surface area (Å²) in [4.78, 5) is 4.33. The highest BCUT2D eigenvalue weighted by molar-refractivity contribution is 5.79. The Bertz CT molecular complexity index is 568. The van der Waals surface area contributed by atoms with Crippen molar-refractivity contribution < 1.29 is 9.13 Å². The third kappa shape index (κ3) is 5.99. The summed E-state index contributed by atoms with van der Waals surface area (Å²) in [5, 5.41) is 6.87. The number of nitrogens with one attached hydrogen (secondary N) is 2. The Balaban J connectivity index is 1.80. The summed E-state index contributed by atoms with van der Waals surface area (Å²) in [6.45, 7) is 4.48. The van der Waals surface area contributed by atoms with Crippen LogP contribution in [0.15, 0.2) is 23.2 Å². The Kier molecular flexibility index (Phi) is 7.69. The van der Waals surface area contributed by atoms with Crippen LogP contribution in [-0.2, 0) is 11.2 Å². The summed E-state index contributed by atoms with van der Waals surface area (Å²) >= 11 is 0. The van der Waals surface area contributed by atoms with Gasteiger partial charge in [-0.15, -0.1) is 0 Å². The van der Waals surface area contributed by atoms with Crippen LogP contribution in [-0.4, -0.2) is 39.8 Å². The molecular formula is C20H32FN3O. The molecule has 4 nitrogen and oxygen atoms in total. The van der Waals surface area contributed by atoms with Gasteiger partial charge in [0.15, 0.2) is 5.96 Å². The van der Waals surface area contributed by atoms with Crippen LogP contribution in [0.1, 0.15) is 43.2 Å². The number of benzene rings is 1. The molecule has 1 aliphatic carbocycles. The molecule has 1 fully saturated rings. The van der Waals surface area contributed by atoms with E-state index in [2.05, 4.69) is 15.6 Å². The predicted octanol–water partition coefficient (Wildman–Crippen LogP) is 3.44. The largest absolute Gasteiger partial charge is 0.385 e. The number of ether oxygens (including phenoxy) is 1. The van der Waals surface area contributed by atoms with E-state index in [0.717, 1.165) is 49.6 Å². The van der Waals surface area contributed by atoms with E-state index < -0.39 is 0 Å². The monoisotopic (exact) mass is 349 g/mol. The fourth-order valence-corrected chi connectivity index (χ4v) is 3.71. The number of rotatable bonds is 8. The van der Waals surface area contributed by atoms with E-state index in [9.17, 15) is 4.39 Å². The summed E-state index contributed by atoms with van der Waals surface area (Å²) < 4.78 is 18.5. The maximum Gasteiger partial charge on any atom is 0.191 e. The smallest absolute Gasteiger partial charge is 0.191 e. The standard InChI is InChI=1S/C20H32FN3O/c1-16-14-18(21)7-6-17(16)8-12-23-19(22-2)24-15-20(11-13-25-3)9-4-5-10-20/h6-7,14H,4-5,8-13,15H2,1-3H3,(H2,22,23,24). The molecule has 140 valence electrons. The van der Waals surface area contributed by atoms with Crippen molar-refractivity contribution in [2.75, 3.05) is 33.9 Å². The van der Waals surface area contributed by atoms with Crippen LogP contribution in [0.5, 0.6) is 0 Å². The predicted molar refractivity (Wildman–Crippen MR) is 102 cm³/mol. The Morgan fingerprint density at radius 2 is 2.04 bits per heavy atom. The Hall–Kier alpha value is -1.62. The summed E-state index contributed by atoms with van der Waals surface area (Å²) in [5.74, 6) is 0.660. The normalized spacial score (nSPS) is 16.9. The van der Waals surface area contributed by atoms with Gasteiger partial charge in [0.05, 0.1) is 0 Å². The molecule has 0 bridgehead atoms.